The highest BCUT2D eigenvalue weighted by molar-refractivity contribution is 7.99. The van der Waals surface area contributed by atoms with E-state index in [1.807, 2.05) is 11.8 Å². The van der Waals surface area contributed by atoms with Crippen molar-refractivity contribution in [3.63, 3.8) is 0 Å². The Morgan fingerprint density at radius 1 is 1.44 bits per heavy atom. The number of thioether (sulfide) groups is 1. The van der Waals surface area contributed by atoms with Crippen LogP contribution in [0.25, 0.3) is 0 Å². The van der Waals surface area contributed by atoms with Crippen LogP contribution in [0.4, 0.5) is 15.8 Å². The first kappa shape index (κ1) is 14.8. The predicted molar refractivity (Wildman–Crippen MR) is 76.8 cm³/mol. The molecule has 0 radical (unpaired) electrons. The maximum atomic E-state index is 13.5. The molecule has 5 heteroatoms. The van der Waals surface area contributed by atoms with Gasteiger partial charge in [0.1, 0.15) is 5.82 Å². The van der Waals surface area contributed by atoms with E-state index < -0.39 is 0 Å². The van der Waals surface area contributed by atoms with Crippen molar-refractivity contribution in [1.29, 1.82) is 0 Å². The molecule has 18 heavy (non-hydrogen) atoms. The van der Waals surface area contributed by atoms with E-state index in [1.54, 1.807) is 12.1 Å². The lowest BCUT2D eigenvalue weighted by molar-refractivity contribution is -0.114. The summed E-state index contributed by atoms with van der Waals surface area (Å²) < 4.78 is 13.5. The van der Waals surface area contributed by atoms with Crippen molar-refractivity contribution < 1.29 is 9.18 Å². The average Bonchev–Trinajstić information content (AvgIpc) is 2.32. The average molecular weight is 270 g/mol. The Balaban J connectivity index is 2.50. The number of hydrogen-bond acceptors (Lipinski definition) is 3. The first-order valence-corrected chi connectivity index (χ1v) is 7.17. The minimum atomic E-state index is -0.299. The number of carbonyl (C=O) groups excluding carboxylic acids is 1. The molecule has 100 valence electrons. The van der Waals surface area contributed by atoms with Gasteiger partial charge in [0, 0.05) is 19.2 Å². The summed E-state index contributed by atoms with van der Waals surface area (Å²) in [5.41, 5.74) is 1.04. The number of amides is 1. The van der Waals surface area contributed by atoms with Crippen LogP contribution in [0.5, 0.6) is 0 Å². The lowest BCUT2D eigenvalue weighted by Gasteiger charge is -2.09. The third-order valence-corrected chi connectivity index (χ3v) is 3.26. The van der Waals surface area contributed by atoms with Gasteiger partial charge < -0.3 is 10.6 Å². The third kappa shape index (κ3) is 5.40. The Labute approximate surface area is 112 Å². The van der Waals surface area contributed by atoms with E-state index in [9.17, 15) is 9.18 Å². The number of nitrogens with one attached hydrogen (secondary N) is 2. The molecular formula is C13H19FN2OS. The van der Waals surface area contributed by atoms with Crippen LogP contribution in [0.15, 0.2) is 18.2 Å². The molecule has 0 aliphatic carbocycles. The Morgan fingerprint density at radius 3 is 2.89 bits per heavy atom. The van der Waals surface area contributed by atoms with Crippen molar-refractivity contribution in [2.75, 3.05) is 28.7 Å². The number of rotatable bonds is 7. The fourth-order valence-corrected chi connectivity index (χ4v) is 2.12. The van der Waals surface area contributed by atoms with Crippen molar-refractivity contribution >= 4 is 29.0 Å². The summed E-state index contributed by atoms with van der Waals surface area (Å²) in [7, 11) is 0. The summed E-state index contributed by atoms with van der Waals surface area (Å²) in [5, 5.41) is 5.68. The molecule has 0 heterocycles. The summed E-state index contributed by atoms with van der Waals surface area (Å²) >= 11 is 1.87. The monoisotopic (exact) mass is 270 g/mol. The second-order valence-electron chi connectivity index (χ2n) is 3.85. The molecule has 0 spiro atoms. The molecule has 1 rings (SSSR count). The van der Waals surface area contributed by atoms with E-state index in [0.717, 1.165) is 24.5 Å². The fraction of sp³-hybridized carbons (Fsp3) is 0.462. The molecule has 1 aromatic carbocycles. The highest BCUT2D eigenvalue weighted by Crippen LogP contribution is 2.19. The lowest BCUT2D eigenvalue weighted by atomic mass is 10.2. The van der Waals surface area contributed by atoms with Gasteiger partial charge >= 0.3 is 0 Å². The van der Waals surface area contributed by atoms with Crippen LogP contribution < -0.4 is 10.6 Å². The van der Waals surface area contributed by atoms with Crippen LogP contribution in [-0.2, 0) is 4.79 Å². The van der Waals surface area contributed by atoms with Crippen LogP contribution in [0.3, 0.4) is 0 Å². The quantitative estimate of drug-likeness (QED) is 0.747. The molecule has 3 nitrogen and oxygen atoms in total. The summed E-state index contributed by atoms with van der Waals surface area (Å²) in [6, 6.07) is 4.52. The summed E-state index contributed by atoms with van der Waals surface area (Å²) in [6.45, 7) is 4.28. The molecule has 0 unspecified atom stereocenters. The van der Waals surface area contributed by atoms with Crippen molar-refractivity contribution in [2.24, 2.45) is 0 Å². The SMILES string of the molecule is CCSCCCNc1cc(NC(C)=O)ccc1F. The van der Waals surface area contributed by atoms with E-state index in [0.29, 0.717) is 11.4 Å². The second-order valence-corrected chi connectivity index (χ2v) is 5.25. The van der Waals surface area contributed by atoms with Gasteiger partial charge in [0.15, 0.2) is 0 Å². The van der Waals surface area contributed by atoms with Gasteiger partial charge in [-0.25, -0.2) is 4.39 Å². The van der Waals surface area contributed by atoms with Gasteiger partial charge in [0.25, 0.3) is 0 Å². The Hall–Kier alpha value is -1.23. The van der Waals surface area contributed by atoms with Gasteiger partial charge in [0.05, 0.1) is 5.69 Å². The molecular weight excluding hydrogens is 251 g/mol. The number of benzene rings is 1. The van der Waals surface area contributed by atoms with Crippen molar-refractivity contribution in [3.05, 3.63) is 24.0 Å². The highest BCUT2D eigenvalue weighted by Gasteiger charge is 2.04. The summed E-state index contributed by atoms with van der Waals surface area (Å²) in [5.74, 6) is 1.71. The molecule has 0 aliphatic heterocycles. The normalized spacial score (nSPS) is 10.2. The predicted octanol–water partition coefficient (Wildman–Crippen LogP) is 3.34. The van der Waals surface area contributed by atoms with Crippen molar-refractivity contribution in [3.8, 4) is 0 Å². The lowest BCUT2D eigenvalue weighted by Crippen LogP contribution is -2.08. The maximum Gasteiger partial charge on any atom is 0.221 e. The molecule has 2 N–H and O–H groups in total. The van der Waals surface area contributed by atoms with E-state index in [2.05, 4.69) is 17.6 Å². The molecule has 0 aromatic heterocycles. The molecule has 1 amide bonds. The van der Waals surface area contributed by atoms with Gasteiger partial charge in [-0.3, -0.25) is 4.79 Å². The van der Waals surface area contributed by atoms with E-state index >= 15 is 0 Å². The van der Waals surface area contributed by atoms with E-state index in [1.165, 1.54) is 13.0 Å². The largest absolute Gasteiger partial charge is 0.383 e. The molecule has 0 fully saturated rings. The molecule has 0 saturated carbocycles. The van der Waals surface area contributed by atoms with Gasteiger partial charge in [-0.15, -0.1) is 0 Å². The maximum absolute atomic E-state index is 13.5. The topological polar surface area (TPSA) is 41.1 Å². The van der Waals surface area contributed by atoms with E-state index in [-0.39, 0.29) is 11.7 Å². The molecule has 0 aliphatic rings. The summed E-state index contributed by atoms with van der Waals surface area (Å²) in [4.78, 5) is 10.9. The van der Waals surface area contributed by atoms with Crippen LogP contribution in [0, 0.1) is 5.82 Å². The number of carbonyl (C=O) groups is 1. The van der Waals surface area contributed by atoms with Crippen LogP contribution >= 0.6 is 11.8 Å². The number of halogens is 1. The minimum Gasteiger partial charge on any atom is -0.383 e. The summed E-state index contributed by atoms with van der Waals surface area (Å²) in [6.07, 6.45) is 0.988. The van der Waals surface area contributed by atoms with Crippen molar-refractivity contribution in [1.82, 2.24) is 0 Å². The zero-order valence-electron chi connectivity index (χ0n) is 10.8. The van der Waals surface area contributed by atoms with Gasteiger partial charge in [-0.05, 0) is 36.1 Å². The molecule has 0 atom stereocenters. The Kier molecular flexibility index (Phi) is 6.57. The zero-order valence-corrected chi connectivity index (χ0v) is 11.6. The molecule has 1 aromatic rings. The fourth-order valence-electron chi connectivity index (χ4n) is 1.48. The molecule has 0 bridgehead atoms. The number of hydrogen-bond donors (Lipinski definition) is 2. The first-order chi connectivity index (χ1) is 8.63. The van der Waals surface area contributed by atoms with Crippen molar-refractivity contribution in [2.45, 2.75) is 20.3 Å². The van der Waals surface area contributed by atoms with Gasteiger partial charge in [-0.1, -0.05) is 6.92 Å². The standard InChI is InChI=1S/C13H19FN2OS/c1-3-18-8-4-7-15-13-9-11(16-10(2)17)5-6-12(13)14/h5-6,9,15H,3-4,7-8H2,1-2H3,(H,16,17). The minimum absolute atomic E-state index is 0.160. The number of anilines is 2. The van der Waals surface area contributed by atoms with E-state index in [4.69, 9.17) is 0 Å². The zero-order chi connectivity index (χ0) is 13.4. The second kappa shape index (κ2) is 7.97. The third-order valence-electron chi connectivity index (χ3n) is 2.27. The van der Waals surface area contributed by atoms with Crippen LogP contribution in [0.2, 0.25) is 0 Å². The van der Waals surface area contributed by atoms with Gasteiger partial charge in [0.2, 0.25) is 5.91 Å². The Morgan fingerprint density at radius 2 is 2.22 bits per heavy atom. The van der Waals surface area contributed by atoms with Gasteiger partial charge in [-0.2, -0.15) is 11.8 Å². The first-order valence-electron chi connectivity index (χ1n) is 6.02. The molecule has 0 saturated heterocycles. The van der Waals surface area contributed by atoms with Crippen LogP contribution in [0.1, 0.15) is 20.3 Å². The van der Waals surface area contributed by atoms with Crippen LogP contribution in [-0.4, -0.2) is 24.0 Å². The Bertz CT molecular complexity index is 399. The smallest absolute Gasteiger partial charge is 0.221 e. The highest BCUT2D eigenvalue weighted by atomic mass is 32.2.